The first-order chi connectivity index (χ1) is 14.4. The molecule has 0 unspecified atom stereocenters. The largest absolute Gasteiger partial charge is 1.00 e. The van der Waals surface area contributed by atoms with Crippen molar-refractivity contribution < 1.29 is 48.1 Å². The van der Waals surface area contributed by atoms with Crippen LogP contribution in [0, 0.1) is 13.8 Å². The SMILES string of the molecule is CCCc1[cH-]c2ccccc2c1C.CCCc1[cH-]c2ccccc2c1C.C[Si](C)=[Zr+2].[Cl-].[Cl-]. The summed E-state index contributed by atoms with van der Waals surface area (Å²) in [6.07, 6.45) is 4.88. The van der Waals surface area contributed by atoms with Crippen molar-refractivity contribution in [2.45, 2.75) is 66.5 Å². The van der Waals surface area contributed by atoms with E-state index in [0.29, 0.717) is 0 Å². The fraction of sp³-hybridized carbons (Fsp3) is 0.357. The zero-order valence-electron chi connectivity index (χ0n) is 20.4. The molecule has 0 aliphatic carbocycles. The fourth-order valence-electron chi connectivity index (χ4n) is 3.92. The summed E-state index contributed by atoms with van der Waals surface area (Å²) in [5.74, 6) is 0. The maximum atomic E-state index is 2.33. The Labute approximate surface area is 223 Å². The van der Waals surface area contributed by atoms with Crippen LogP contribution in [0.1, 0.15) is 48.9 Å². The van der Waals surface area contributed by atoms with E-state index in [4.69, 9.17) is 0 Å². The normalized spacial score (nSPS) is 9.75. The van der Waals surface area contributed by atoms with Crippen LogP contribution in [0.3, 0.4) is 0 Å². The predicted octanol–water partition coefficient (Wildman–Crippen LogP) is 2.43. The van der Waals surface area contributed by atoms with Crippen molar-refractivity contribution in [1.29, 1.82) is 0 Å². The third-order valence-electron chi connectivity index (χ3n) is 5.39. The fourth-order valence-corrected chi connectivity index (χ4v) is 3.92. The van der Waals surface area contributed by atoms with Gasteiger partial charge in [0.15, 0.2) is 0 Å². The van der Waals surface area contributed by atoms with Gasteiger partial charge in [-0.25, -0.2) is 0 Å². The first kappa shape index (κ1) is 31.3. The zero-order chi connectivity index (χ0) is 22.1. The van der Waals surface area contributed by atoms with Gasteiger partial charge in [0.05, 0.1) is 0 Å². The maximum Gasteiger partial charge on any atom is -1.00 e. The Morgan fingerprint density at radius 3 is 1.28 bits per heavy atom. The number of fused-ring (bicyclic) bond motifs is 2. The summed E-state index contributed by atoms with van der Waals surface area (Å²) < 4.78 is 0. The van der Waals surface area contributed by atoms with E-state index in [0.717, 1.165) is 0 Å². The minimum Gasteiger partial charge on any atom is -1.00 e. The van der Waals surface area contributed by atoms with Crippen LogP contribution >= 0.6 is 0 Å². The maximum absolute atomic E-state index is 2.33. The molecule has 4 aromatic carbocycles. The van der Waals surface area contributed by atoms with Crippen molar-refractivity contribution in [3.8, 4) is 0 Å². The molecular weight excluding hydrogens is 527 g/mol. The van der Waals surface area contributed by atoms with Gasteiger partial charge >= 0.3 is 41.9 Å². The first-order valence-electron chi connectivity index (χ1n) is 11.2. The molecule has 0 atom stereocenters. The topological polar surface area (TPSA) is 0 Å². The van der Waals surface area contributed by atoms with Gasteiger partial charge in [0.2, 0.25) is 0 Å². The van der Waals surface area contributed by atoms with Crippen LogP contribution in [-0.2, 0) is 36.2 Å². The van der Waals surface area contributed by atoms with Crippen molar-refractivity contribution in [2.24, 2.45) is 0 Å². The molecule has 0 amide bonds. The molecule has 0 bridgehead atoms. The van der Waals surface area contributed by atoms with E-state index in [2.05, 4.69) is 101 Å². The van der Waals surface area contributed by atoms with E-state index >= 15 is 0 Å². The van der Waals surface area contributed by atoms with Crippen LogP contribution in [0.2, 0.25) is 13.1 Å². The molecule has 0 aliphatic rings. The van der Waals surface area contributed by atoms with Crippen LogP contribution in [-0.4, -0.2) is 5.43 Å². The van der Waals surface area contributed by atoms with E-state index in [-0.39, 0.29) is 30.2 Å². The molecule has 32 heavy (non-hydrogen) atoms. The molecule has 0 aromatic heterocycles. The van der Waals surface area contributed by atoms with E-state index in [9.17, 15) is 0 Å². The van der Waals surface area contributed by atoms with Gasteiger partial charge < -0.3 is 24.8 Å². The Morgan fingerprint density at radius 1 is 0.688 bits per heavy atom. The predicted molar refractivity (Wildman–Crippen MR) is 134 cm³/mol. The minimum atomic E-state index is 0. The second-order valence-corrected chi connectivity index (χ2v) is 17.6. The van der Waals surface area contributed by atoms with E-state index in [1.165, 1.54) is 69.5 Å². The molecule has 4 heteroatoms. The molecule has 0 saturated heterocycles. The van der Waals surface area contributed by atoms with Crippen molar-refractivity contribution in [2.75, 3.05) is 0 Å². The van der Waals surface area contributed by atoms with E-state index in [1.54, 1.807) is 23.3 Å². The van der Waals surface area contributed by atoms with Crippen molar-refractivity contribution in [3.05, 3.63) is 82.9 Å². The van der Waals surface area contributed by atoms with Crippen molar-refractivity contribution in [1.82, 2.24) is 0 Å². The van der Waals surface area contributed by atoms with Gasteiger partial charge in [0.1, 0.15) is 0 Å². The first-order valence-corrected chi connectivity index (χ1v) is 17.4. The van der Waals surface area contributed by atoms with Crippen LogP contribution in [0.25, 0.3) is 21.5 Å². The van der Waals surface area contributed by atoms with E-state index in [1.807, 2.05) is 0 Å². The molecule has 0 spiro atoms. The number of benzene rings is 2. The van der Waals surface area contributed by atoms with Gasteiger partial charge in [-0.1, -0.05) is 52.7 Å². The van der Waals surface area contributed by atoms with Gasteiger partial charge in [-0.3, -0.25) is 0 Å². The van der Waals surface area contributed by atoms with Crippen LogP contribution in [0.4, 0.5) is 0 Å². The third kappa shape index (κ3) is 8.94. The minimum absolute atomic E-state index is 0. The summed E-state index contributed by atoms with van der Waals surface area (Å²) in [6.45, 7) is 13.5. The Bertz CT molecular complexity index is 1010. The molecule has 0 N–H and O–H groups in total. The number of hydrogen-bond acceptors (Lipinski definition) is 0. The van der Waals surface area contributed by atoms with Crippen LogP contribution < -0.4 is 24.8 Å². The summed E-state index contributed by atoms with van der Waals surface area (Å²) in [7, 11) is 0. The van der Waals surface area contributed by atoms with Gasteiger partial charge in [0.25, 0.3) is 0 Å². The molecule has 4 rings (SSSR count). The molecule has 0 fully saturated rings. The molecule has 0 nitrogen and oxygen atoms in total. The Hall–Kier alpha value is -0.660. The molecular formula is C28H36Cl2SiZr-2. The molecule has 172 valence electrons. The van der Waals surface area contributed by atoms with Gasteiger partial charge in [0, 0.05) is 0 Å². The zero-order valence-corrected chi connectivity index (χ0v) is 25.3. The molecule has 0 aliphatic heterocycles. The standard InChI is InChI=1S/2C13H15.C2H6Si.2ClH.Zr/c2*1-3-6-11-9-12-7-4-5-8-13(12)10(11)2;1-3-2;;;/h2*4-5,7-9H,3,6H2,1-2H3;1-2H3;2*1H;/q2*-1;;;;+2/p-2. The summed E-state index contributed by atoms with van der Waals surface area (Å²) in [4.78, 5) is 0. The quantitative estimate of drug-likeness (QED) is 0.265. The number of aryl methyl sites for hydroxylation is 4. The number of rotatable bonds is 4. The Balaban J connectivity index is 0.000000490. The average Bonchev–Trinajstić information content (AvgIpc) is 3.20. The smallest absolute Gasteiger partial charge is 1.00 e. The second kappa shape index (κ2) is 16.0. The second-order valence-electron chi connectivity index (χ2n) is 8.26. The number of hydrogen-bond donors (Lipinski definition) is 0. The average molecular weight is 563 g/mol. The van der Waals surface area contributed by atoms with Crippen LogP contribution in [0.15, 0.2) is 60.7 Å². The van der Waals surface area contributed by atoms with Crippen molar-refractivity contribution in [3.63, 3.8) is 0 Å². The number of halogens is 2. The molecule has 0 saturated carbocycles. The van der Waals surface area contributed by atoms with E-state index < -0.39 is 0 Å². The summed E-state index contributed by atoms with van der Waals surface area (Å²) >= 11 is 1.74. The monoisotopic (exact) mass is 560 g/mol. The summed E-state index contributed by atoms with van der Waals surface area (Å²) in [5, 5.41) is 5.63. The van der Waals surface area contributed by atoms with Gasteiger partial charge in [-0.15, -0.1) is 81.2 Å². The van der Waals surface area contributed by atoms with Crippen LogP contribution in [0.5, 0.6) is 0 Å². The molecule has 0 radical (unpaired) electrons. The molecule has 4 aromatic rings. The van der Waals surface area contributed by atoms with Gasteiger partial charge in [-0.2, -0.15) is 11.1 Å². The van der Waals surface area contributed by atoms with Crippen molar-refractivity contribution >= 4 is 27.0 Å². The third-order valence-corrected chi connectivity index (χ3v) is 5.39. The summed E-state index contributed by atoms with van der Waals surface area (Å²) in [6, 6.07) is 21.9. The molecule has 0 heterocycles. The Kier molecular flexibility index (Phi) is 15.7. The summed E-state index contributed by atoms with van der Waals surface area (Å²) in [5.41, 5.74) is 6.18. The Morgan fingerprint density at radius 2 is 1.00 bits per heavy atom. The van der Waals surface area contributed by atoms with Gasteiger partial charge in [-0.05, 0) is 12.8 Å².